The molecule has 7 heteroatoms. The first-order valence-corrected chi connectivity index (χ1v) is 8.29. The Hall–Kier alpha value is -3.22. The predicted octanol–water partition coefficient (Wildman–Crippen LogP) is 3.36. The van der Waals surface area contributed by atoms with Crippen LogP contribution in [0.25, 0.3) is 0 Å². The third kappa shape index (κ3) is 3.42. The molecule has 7 nitrogen and oxygen atoms in total. The molecule has 0 radical (unpaired) electrons. The van der Waals surface area contributed by atoms with E-state index in [-0.39, 0.29) is 22.7 Å². The number of amides is 1. The summed E-state index contributed by atoms with van der Waals surface area (Å²) in [6.07, 6.45) is 2.67. The Morgan fingerprint density at radius 1 is 1.12 bits per heavy atom. The Balaban J connectivity index is 2.06. The molecule has 2 aromatic rings. The first-order valence-electron chi connectivity index (χ1n) is 8.29. The molecule has 1 aliphatic heterocycles. The van der Waals surface area contributed by atoms with E-state index in [4.69, 9.17) is 0 Å². The highest BCUT2D eigenvalue weighted by Gasteiger charge is 2.25. The lowest BCUT2D eigenvalue weighted by molar-refractivity contribution is -0.384. The van der Waals surface area contributed by atoms with Crippen LogP contribution >= 0.6 is 0 Å². The molecule has 0 bridgehead atoms. The molecule has 0 N–H and O–H groups in total. The molecule has 134 valence electrons. The summed E-state index contributed by atoms with van der Waals surface area (Å²) in [6.45, 7) is 0.520. The Labute approximate surface area is 150 Å². The number of ether oxygens (including phenoxy) is 1. The van der Waals surface area contributed by atoms with Gasteiger partial charge in [-0.1, -0.05) is 18.2 Å². The number of benzene rings is 2. The summed E-state index contributed by atoms with van der Waals surface area (Å²) in [6, 6.07) is 11.3. The van der Waals surface area contributed by atoms with Crippen LogP contribution in [-0.4, -0.2) is 30.5 Å². The molecule has 0 unspecified atom stereocenters. The lowest BCUT2D eigenvalue weighted by atomic mass is 10.1. The highest BCUT2D eigenvalue weighted by atomic mass is 16.6. The summed E-state index contributed by atoms with van der Waals surface area (Å²) >= 11 is 0. The van der Waals surface area contributed by atoms with Gasteiger partial charge in [0.05, 0.1) is 17.6 Å². The number of hydrogen-bond acceptors (Lipinski definition) is 5. The molecule has 0 aromatic heterocycles. The van der Waals surface area contributed by atoms with Crippen LogP contribution in [0.5, 0.6) is 0 Å². The summed E-state index contributed by atoms with van der Waals surface area (Å²) in [7, 11) is 1.19. The standard InChI is InChI=1S/C19H18N2O5/c1-26-19(23)15-10-14(11-16(12-15)21(24)25)18(22)20-9-5-4-7-13-6-2-3-8-17(13)20/h2-3,6,8,10-12H,4-5,7,9H2,1H3. The van der Waals surface area contributed by atoms with Gasteiger partial charge in [0.2, 0.25) is 0 Å². The molecule has 0 fully saturated rings. The van der Waals surface area contributed by atoms with Crippen molar-refractivity contribution in [2.75, 3.05) is 18.6 Å². The third-order valence-corrected chi connectivity index (χ3v) is 4.40. The van der Waals surface area contributed by atoms with Crippen molar-refractivity contribution in [1.82, 2.24) is 0 Å². The number of hydrogen-bond donors (Lipinski definition) is 0. The predicted molar refractivity (Wildman–Crippen MR) is 95.5 cm³/mol. The zero-order chi connectivity index (χ0) is 18.7. The molecule has 1 amide bonds. The summed E-state index contributed by atoms with van der Waals surface area (Å²) in [5.74, 6) is -1.09. The molecular formula is C19H18N2O5. The second kappa shape index (κ2) is 7.35. The number of carbonyl (C=O) groups is 2. The van der Waals surface area contributed by atoms with Crippen molar-refractivity contribution in [2.24, 2.45) is 0 Å². The fourth-order valence-corrected chi connectivity index (χ4v) is 3.13. The largest absolute Gasteiger partial charge is 0.465 e. The normalized spacial score (nSPS) is 13.5. The van der Waals surface area contributed by atoms with E-state index in [0.29, 0.717) is 6.54 Å². The molecule has 0 saturated heterocycles. The number of rotatable bonds is 3. The van der Waals surface area contributed by atoms with Crippen molar-refractivity contribution in [1.29, 1.82) is 0 Å². The van der Waals surface area contributed by atoms with Gasteiger partial charge in [-0.15, -0.1) is 0 Å². The molecule has 2 aromatic carbocycles. The summed E-state index contributed by atoms with van der Waals surface area (Å²) < 4.78 is 4.64. The van der Waals surface area contributed by atoms with Gasteiger partial charge >= 0.3 is 5.97 Å². The second-order valence-electron chi connectivity index (χ2n) is 6.06. The van der Waals surface area contributed by atoms with Gasteiger partial charge in [0.15, 0.2) is 0 Å². The van der Waals surface area contributed by atoms with Gasteiger partial charge in [-0.3, -0.25) is 14.9 Å². The molecule has 26 heavy (non-hydrogen) atoms. The number of carbonyl (C=O) groups excluding carboxylic acids is 2. The monoisotopic (exact) mass is 354 g/mol. The minimum Gasteiger partial charge on any atom is -0.465 e. The van der Waals surface area contributed by atoms with Gasteiger partial charge < -0.3 is 9.64 Å². The number of esters is 1. The topological polar surface area (TPSA) is 89.8 Å². The Morgan fingerprint density at radius 3 is 2.58 bits per heavy atom. The van der Waals surface area contributed by atoms with Crippen LogP contribution in [-0.2, 0) is 11.2 Å². The van der Waals surface area contributed by atoms with Crippen molar-refractivity contribution in [3.63, 3.8) is 0 Å². The number of nitro groups is 1. The number of fused-ring (bicyclic) bond motifs is 1. The fraction of sp³-hybridized carbons (Fsp3) is 0.263. The minimum absolute atomic E-state index is 0.0202. The van der Waals surface area contributed by atoms with Crippen LogP contribution in [0.3, 0.4) is 0 Å². The van der Waals surface area contributed by atoms with Crippen molar-refractivity contribution in [3.05, 3.63) is 69.3 Å². The number of nitrogens with zero attached hydrogens (tertiary/aromatic N) is 2. The lowest BCUT2D eigenvalue weighted by Crippen LogP contribution is -2.32. The minimum atomic E-state index is -0.723. The van der Waals surface area contributed by atoms with Crippen LogP contribution in [0.4, 0.5) is 11.4 Å². The number of non-ortho nitro benzene ring substituents is 1. The Bertz CT molecular complexity index is 878. The number of anilines is 1. The molecule has 1 aliphatic rings. The average Bonchev–Trinajstić information content (AvgIpc) is 2.88. The van der Waals surface area contributed by atoms with E-state index in [0.717, 1.165) is 36.6 Å². The maximum Gasteiger partial charge on any atom is 0.338 e. The number of methoxy groups -OCH3 is 1. The van der Waals surface area contributed by atoms with Crippen molar-refractivity contribution in [2.45, 2.75) is 19.3 Å². The maximum absolute atomic E-state index is 13.1. The van der Waals surface area contributed by atoms with Crippen molar-refractivity contribution < 1.29 is 19.2 Å². The van der Waals surface area contributed by atoms with E-state index in [1.165, 1.54) is 19.2 Å². The van der Waals surface area contributed by atoms with E-state index in [2.05, 4.69) is 4.74 Å². The summed E-state index contributed by atoms with van der Waals surface area (Å²) in [5, 5.41) is 11.2. The van der Waals surface area contributed by atoms with Crippen LogP contribution in [0, 0.1) is 10.1 Å². The van der Waals surface area contributed by atoms with Gasteiger partial charge in [0.1, 0.15) is 0 Å². The van der Waals surface area contributed by atoms with E-state index in [1.54, 1.807) is 4.90 Å². The zero-order valence-electron chi connectivity index (χ0n) is 14.3. The molecule has 0 aliphatic carbocycles. The highest BCUT2D eigenvalue weighted by molar-refractivity contribution is 6.08. The van der Waals surface area contributed by atoms with Crippen LogP contribution in [0.15, 0.2) is 42.5 Å². The second-order valence-corrected chi connectivity index (χ2v) is 6.06. The summed E-state index contributed by atoms with van der Waals surface area (Å²) in [5.41, 5.74) is 1.63. The quantitative estimate of drug-likeness (QED) is 0.479. The zero-order valence-corrected chi connectivity index (χ0v) is 14.3. The molecular weight excluding hydrogens is 336 g/mol. The average molecular weight is 354 g/mol. The fourth-order valence-electron chi connectivity index (χ4n) is 3.13. The highest BCUT2D eigenvalue weighted by Crippen LogP contribution is 2.28. The van der Waals surface area contributed by atoms with E-state index in [9.17, 15) is 19.7 Å². The van der Waals surface area contributed by atoms with Crippen molar-refractivity contribution in [3.8, 4) is 0 Å². The number of nitro benzene ring substituents is 1. The molecule has 1 heterocycles. The van der Waals surface area contributed by atoms with Crippen LogP contribution in [0.2, 0.25) is 0 Å². The third-order valence-electron chi connectivity index (χ3n) is 4.40. The van der Waals surface area contributed by atoms with Gasteiger partial charge in [-0.25, -0.2) is 4.79 Å². The Kier molecular flexibility index (Phi) is 4.97. The number of para-hydroxylation sites is 1. The van der Waals surface area contributed by atoms with Gasteiger partial charge in [0, 0.05) is 29.9 Å². The van der Waals surface area contributed by atoms with Gasteiger partial charge in [-0.05, 0) is 37.0 Å². The van der Waals surface area contributed by atoms with Crippen LogP contribution < -0.4 is 4.90 Å². The van der Waals surface area contributed by atoms with Crippen molar-refractivity contribution >= 4 is 23.3 Å². The van der Waals surface area contributed by atoms with Gasteiger partial charge in [0.25, 0.3) is 11.6 Å². The summed E-state index contributed by atoms with van der Waals surface area (Å²) in [4.78, 5) is 37.1. The SMILES string of the molecule is COC(=O)c1cc(C(=O)N2CCCCc3ccccc32)cc([N+](=O)[O-])c1. The molecule has 0 spiro atoms. The maximum atomic E-state index is 13.1. The number of aryl methyl sites for hydroxylation is 1. The first-order chi connectivity index (χ1) is 12.5. The van der Waals surface area contributed by atoms with Crippen LogP contribution in [0.1, 0.15) is 39.1 Å². The van der Waals surface area contributed by atoms with E-state index in [1.807, 2.05) is 24.3 Å². The van der Waals surface area contributed by atoms with E-state index >= 15 is 0 Å². The smallest absolute Gasteiger partial charge is 0.338 e. The molecule has 0 saturated carbocycles. The first kappa shape index (κ1) is 17.6. The van der Waals surface area contributed by atoms with Gasteiger partial charge in [-0.2, -0.15) is 0 Å². The lowest BCUT2D eigenvalue weighted by Gasteiger charge is -2.23. The molecule has 0 atom stereocenters. The van der Waals surface area contributed by atoms with E-state index < -0.39 is 10.9 Å². The molecule has 3 rings (SSSR count). The Morgan fingerprint density at radius 2 is 1.85 bits per heavy atom.